The lowest BCUT2D eigenvalue weighted by Crippen LogP contribution is -2.28. The van der Waals surface area contributed by atoms with Gasteiger partial charge in [0.15, 0.2) is 0 Å². The Balaban J connectivity index is 2.07. The van der Waals surface area contributed by atoms with Crippen LogP contribution in [0.5, 0.6) is 0 Å². The largest absolute Gasteiger partial charge is 0.261 e. The fourth-order valence-electron chi connectivity index (χ4n) is 1.58. The molecular weight excluding hydrogens is 154 g/mol. The number of hydrogen-bond donors (Lipinski definition) is 1. The minimum Gasteiger partial charge on any atom is -0.261 e. The molecule has 0 spiro atoms. The number of nitrogens with one attached hydrogen (secondary N) is 1. The lowest BCUT2D eigenvalue weighted by atomic mass is 9.88. The van der Waals surface area contributed by atoms with Crippen molar-refractivity contribution >= 4 is 11.9 Å². The standard InChI is InChI=1S/C9H19NS/c1-3-11-10-9-6-4-8(2)5-7-9/h8-10H,3-7H2,1-2H3/t8-,9-. The molecule has 1 saturated carbocycles. The summed E-state index contributed by atoms with van der Waals surface area (Å²) >= 11 is 1.87. The van der Waals surface area contributed by atoms with Gasteiger partial charge in [-0.25, -0.2) is 0 Å². The first-order chi connectivity index (χ1) is 5.33. The maximum Gasteiger partial charge on any atom is 0.0172 e. The van der Waals surface area contributed by atoms with Crippen LogP contribution in [-0.2, 0) is 0 Å². The van der Waals surface area contributed by atoms with Crippen molar-refractivity contribution < 1.29 is 0 Å². The van der Waals surface area contributed by atoms with Crippen molar-refractivity contribution in [2.24, 2.45) is 5.92 Å². The molecule has 1 N–H and O–H groups in total. The predicted molar refractivity (Wildman–Crippen MR) is 52.7 cm³/mol. The third-order valence-electron chi connectivity index (χ3n) is 2.41. The van der Waals surface area contributed by atoms with Crippen LogP contribution in [0.1, 0.15) is 39.5 Å². The Morgan fingerprint density at radius 1 is 1.27 bits per heavy atom. The Bertz CT molecular complexity index is 95.0. The lowest BCUT2D eigenvalue weighted by molar-refractivity contribution is 0.337. The van der Waals surface area contributed by atoms with Gasteiger partial charge in [-0.1, -0.05) is 25.8 Å². The Morgan fingerprint density at radius 2 is 1.91 bits per heavy atom. The van der Waals surface area contributed by atoms with Crippen LogP contribution < -0.4 is 4.72 Å². The molecule has 0 bridgehead atoms. The van der Waals surface area contributed by atoms with Gasteiger partial charge in [0.1, 0.15) is 0 Å². The summed E-state index contributed by atoms with van der Waals surface area (Å²) in [5.74, 6) is 2.16. The molecular formula is C9H19NS. The zero-order valence-corrected chi connectivity index (χ0v) is 8.41. The molecule has 11 heavy (non-hydrogen) atoms. The van der Waals surface area contributed by atoms with Crippen LogP contribution in [0.3, 0.4) is 0 Å². The first-order valence-electron chi connectivity index (χ1n) is 4.70. The van der Waals surface area contributed by atoms with E-state index in [0.29, 0.717) is 0 Å². The summed E-state index contributed by atoms with van der Waals surface area (Å²) in [6.45, 7) is 4.56. The molecule has 1 fully saturated rings. The Morgan fingerprint density at radius 3 is 2.45 bits per heavy atom. The van der Waals surface area contributed by atoms with E-state index in [1.165, 1.54) is 31.4 Å². The lowest BCUT2D eigenvalue weighted by Gasteiger charge is -2.26. The van der Waals surface area contributed by atoms with Crippen molar-refractivity contribution in [2.75, 3.05) is 5.75 Å². The van der Waals surface area contributed by atoms with Gasteiger partial charge < -0.3 is 0 Å². The zero-order valence-electron chi connectivity index (χ0n) is 7.60. The molecule has 1 nitrogen and oxygen atoms in total. The summed E-state index contributed by atoms with van der Waals surface area (Å²) in [4.78, 5) is 0. The third-order valence-corrected chi connectivity index (χ3v) is 3.20. The molecule has 0 heterocycles. The van der Waals surface area contributed by atoms with E-state index in [1.807, 2.05) is 11.9 Å². The van der Waals surface area contributed by atoms with Crippen molar-refractivity contribution in [3.05, 3.63) is 0 Å². The van der Waals surface area contributed by atoms with E-state index < -0.39 is 0 Å². The Hall–Kier alpha value is 0.310. The quantitative estimate of drug-likeness (QED) is 0.659. The molecule has 0 atom stereocenters. The van der Waals surface area contributed by atoms with Crippen LogP contribution in [0.15, 0.2) is 0 Å². The summed E-state index contributed by atoms with van der Waals surface area (Å²) in [5, 5.41) is 0. The van der Waals surface area contributed by atoms with E-state index in [0.717, 1.165) is 12.0 Å². The van der Waals surface area contributed by atoms with Gasteiger partial charge >= 0.3 is 0 Å². The Labute approximate surface area is 74.5 Å². The minimum absolute atomic E-state index is 0.802. The average molecular weight is 173 g/mol. The van der Waals surface area contributed by atoms with Crippen molar-refractivity contribution in [3.63, 3.8) is 0 Å². The van der Waals surface area contributed by atoms with Crippen LogP contribution in [0.4, 0.5) is 0 Å². The molecule has 0 unspecified atom stereocenters. The molecule has 0 aromatic carbocycles. The van der Waals surface area contributed by atoms with Crippen LogP contribution in [-0.4, -0.2) is 11.8 Å². The normalized spacial score (nSPS) is 32.2. The highest BCUT2D eigenvalue weighted by atomic mass is 32.2. The smallest absolute Gasteiger partial charge is 0.0172 e. The van der Waals surface area contributed by atoms with Crippen molar-refractivity contribution in [3.8, 4) is 0 Å². The summed E-state index contributed by atoms with van der Waals surface area (Å²) in [5.41, 5.74) is 0. The average Bonchev–Trinajstić information content (AvgIpc) is 2.04. The van der Waals surface area contributed by atoms with Crippen LogP contribution >= 0.6 is 11.9 Å². The zero-order chi connectivity index (χ0) is 8.10. The van der Waals surface area contributed by atoms with Gasteiger partial charge in [-0.2, -0.15) is 0 Å². The van der Waals surface area contributed by atoms with Crippen molar-refractivity contribution in [1.82, 2.24) is 4.72 Å². The van der Waals surface area contributed by atoms with Gasteiger partial charge in [0.2, 0.25) is 0 Å². The van der Waals surface area contributed by atoms with Gasteiger partial charge in [0.05, 0.1) is 0 Å². The second kappa shape index (κ2) is 5.04. The van der Waals surface area contributed by atoms with Gasteiger partial charge in [-0.3, -0.25) is 4.72 Å². The number of hydrogen-bond acceptors (Lipinski definition) is 2. The van der Waals surface area contributed by atoms with Gasteiger partial charge in [-0.15, -0.1) is 0 Å². The van der Waals surface area contributed by atoms with Crippen LogP contribution in [0.2, 0.25) is 0 Å². The Kier molecular flexibility index (Phi) is 4.31. The molecule has 0 aliphatic heterocycles. The van der Waals surface area contributed by atoms with Crippen molar-refractivity contribution in [1.29, 1.82) is 0 Å². The fraction of sp³-hybridized carbons (Fsp3) is 1.00. The second-order valence-corrected chi connectivity index (χ2v) is 4.61. The molecule has 0 radical (unpaired) electrons. The maximum absolute atomic E-state index is 3.51. The highest BCUT2D eigenvalue weighted by Gasteiger charge is 2.16. The van der Waals surface area contributed by atoms with E-state index in [-0.39, 0.29) is 0 Å². The summed E-state index contributed by atoms with van der Waals surface area (Å²) in [6, 6.07) is 0.802. The molecule has 66 valence electrons. The van der Waals surface area contributed by atoms with E-state index in [2.05, 4.69) is 18.6 Å². The van der Waals surface area contributed by atoms with Gasteiger partial charge in [0, 0.05) is 11.8 Å². The molecule has 0 saturated heterocycles. The maximum atomic E-state index is 3.51. The summed E-state index contributed by atoms with van der Waals surface area (Å²) < 4.78 is 3.51. The van der Waals surface area contributed by atoms with E-state index in [4.69, 9.17) is 0 Å². The molecule has 2 heteroatoms. The van der Waals surface area contributed by atoms with E-state index in [9.17, 15) is 0 Å². The highest BCUT2D eigenvalue weighted by molar-refractivity contribution is 7.97. The van der Waals surface area contributed by atoms with Gasteiger partial charge in [0.25, 0.3) is 0 Å². The monoisotopic (exact) mass is 173 g/mol. The summed E-state index contributed by atoms with van der Waals surface area (Å²) in [6.07, 6.45) is 5.60. The van der Waals surface area contributed by atoms with E-state index in [1.54, 1.807) is 0 Å². The van der Waals surface area contributed by atoms with Crippen molar-refractivity contribution in [2.45, 2.75) is 45.6 Å². The fourth-order valence-corrected chi connectivity index (χ4v) is 2.22. The van der Waals surface area contributed by atoms with Crippen LogP contribution in [0, 0.1) is 5.92 Å². The molecule has 1 aliphatic rings. The number of rotatable bonds is 3. The van der Waals surface area contributed by atoms with Crippen LogP contribution in [0.25, 0.3) is 0 Å². The SMILES string of the molecule is CCSN[C@H]1CC[C@H](C)CC1. The molecule has 0 amide bonds. The first kappa shape index (κ1) is 9.40. The summed E-state index contributed by atoms with van der Waals surface area (Å²) in [7, 11) is 0. The molecule has 1 aliphatic carbocycles. The first-order valence-corrected chi connectivity index (χ1v) is 5.68. The molecule has 0 aromatic rings. The third kappa shape index (κ3) is 3.48. The van der Waals surface area contributed by atoms with Gasteiger partial charge in [-0.05, 0) is 31.6 Å². The molecule has 1 rings (SSSR count). The highest BCUT2D eigenvalue weighted by Crippen LogP contribution is 2.24. The predicted octanol–water partition coefficient (Wildman–Crippen LogP) is 2.82. The second-order valence-electron chi connectivity index (χ2n) is 3.51. The molecule has 0 aromatic heterocycles. The minimum atomic E-state index is 0.802. The topological polar surface area (TPSA) is 12.0 Å². The van der Waals surface area contributed by atoms with E-state index >= 15 is 0 Å².